The van der Waals surface area contributed by atoms with Gasteiger partial charge in [-0.15, -0.1) is 0 Å². The maximum absolute atomic E-state index is 12.8. The van der Waals surface area contributed by atoms with Crippen molar-refractivity contribution in [1.29, 1.82) is 0 Å². The number of carbonyl (C=O) groups is 2. The molecular formula is C59H104O5. The number of ether oxygens (including phenoxy) is 3. The van der Waals surface area contributed by atoms with E-state index in [-0.39, 0.29) is 25.2 Å². The highest BCUT2D eigenvalue weighted by atomic mass is 16.6. The average Bonchev–Trinajstić information content (AvgIpc) is 3.30. The van der Waals surface area contributed by atoms with Gasteiger partial charge in [-0.2, -0.15) is 0 Å². The van der Waals surface area contributed by atoms with Gasteiger partial charge in [0.25, 0.3) is 0 Å². The molecule has 0 saturated heterocycles. The van der Waals surface area contributed by atoms with E-state index in [1.807, 2.05) is 0 Å². The first-order chi connectivity index (χ1) is 31.6. The predicted molar refractivity (Wildman–Crippen MR) is 279 cm³/mol. The Morgan fingerprint density at radius 2 is 0.734 bits per heavy atom. The lowest BCUT2D eigenvalue weighted by atomic mass is 10.0. The molecule has 1 atom stereocenters. The third-order valence-electron chi connectivity index (χ3n) is 11.7. The van der Waals surface area contributed by atoms with Crippen LogP contribution in [0.25, 0.3) is 0 Å². The second-order valence-electron chi connectivity index (χ2n) is 18.1. The Morgan fingerprint density at radius 3 is 1.19 bits per heavy atom. The standard InChI is InChI=1S/C59H104O5/c1-4-7-10-13-16-19-22-25-27-29-31-33-36-39-42-45-48-51-54-62-55-57(64-59(61)53-50-47-44-41-38-34-24-21-18-15-12-9-6-3)56-63-58(60)52-49-46-43-40-37-35-32-30-28-26-23-20-17-14-11-8-5-2/h8,11-12,15,17,20-21,24,26,28,32,35,57H,4-7,9-10,13-14,16,18-19,22-23,25,27,29-31,33-34,36-56H2,1-3H3/b11-8-,15-12-,20-17-,24-21-,28-26-,35-32-. The van der Waals surface area contributed by atoms with Gasteiger partial charge in [0.15, 0.2) is 6.10 Å². The van der Waals surface area contributed by atoms with E-state index in [4.69, 9.17) is 14.2 Å². The van der Waals surface area contributed by atoms with E-state index < -0.39 is 6.10 Å². The Kier molecular flexibility index (Phi) is 52.4. The summed E-state index contributed by atoms with van der Waals surface area (Å²) in [7, 11) is 0. The van der Waals surface area contributed by atoms with Crippen molar-refractivity contribution in [3.63, 3.8) is 0 Å². The zero-order valence-electron chi connectivity index (χ0n) is 42.5. The van der Waals surface area contributed by atoms with Crippen LogP contribution in [0.1, 0.15) is 265 Å². The molecule has 64 heavy (non-hydrogen) atoms. The summed E-state index contributed by atoms with van der Waals surface area (Å²) in [4.78, 5) is 25.4. The molecule has 0 aliphatic rings. The van der Waals surface area contributed by atoms with Gasteiger partial charge in [0.05, 0.1) is 6.61 Å². The van der Waals surface area contributed by atoms with Crippen LogP contribution in [-0.2, 0) is 23.8 Å². The SMILES string of the molecule is CC/C=C\C/C=C\C/C=C\C/C=C\CCCCCCC(=O)OCC(COCCCCCCCCCCCCCCCCCCCC)OC(=O)CCCCCCC/C=C\C/C=C\CCC. The molecule has 0 spiro atoms. The Hall–Kier alpha value is -2.66. The normalized spacial score (nSPS) is 12.7. The molecule has 0 aliphatic heterocycles. The van der Waals surface area contributed by atoms with E-state index in [1.165, 1.54) is 122 Å². The molecule has 0 heterocycles. The number of rotatable bonds is 50. The van der Waals surface area contributed by atoms with Gasteiger partial charge < -0.3 is 14.2 Å². The minimum Gasteiger partial charge on any atom is -0.462 e. The second kappa shape index (κ2) is 54.7. The van der Waals surface area contributed by atoms with Crippen molar-refractivity contribution in [3.8, 4) is 0 Å². The van der Waals surface area contributed by atoms with Crippen molar-refractivity contribution in [1.82, 2.24) is 0 Å². The van der Waals surface area contributed by atoms with Crippen LogP contribution in [0.3, 0.4) is 0 Å². The summed E-state index contributed by atoms with van der Waals surface area (Å²) in [5, 5.41) is 0. The molecule has 0 aromatic heterocycles. The summed E-state index contributed by atoms with van der Waals surface area (Å²) >= 11 is 0. The van der Waals surface area contributed by atoms with Gasteiger partial charge in [-0.25, -0.2) is 0 Å². The summed E-state index contributed by atoms with van der Waals surface area (Å²) in [6, 6.07) is 0. The number of hydrogen-bond donors (Lipinski definition) is 0. The largest absolute Gasteiger partial charge is 0.462 e. The topological polar surface area (TPSA) is 61.8 Å². The minimum absolute atomic E-state index is 0.0669. The Labute approximate surface area is 397 Å². The molecule has 5 nitrogen and oxygen atoms in total. The fourth-order valence-electron chi connectivity index (χ4n) is 7.66. The summed E-state index contributed by atoms with van der Waals surface area (Å²) in [5.41, 5.74) is 0. The fraction of sp³-hybridized carbons (Fsp3) is 0.763. The highest BCUT2D eigenvalue weighted by Gasteiger charge is 2.17. The molecular weight excluding hydrogens is 789 g/mol. The number of esters is 2. The van der Waals surface area contributed by atoms with Crippen molar-refractivity contribution in [2.24, 2.45) is 0 Å². The van der Waals surface area contributed by atoms with E-state index in [0.29, 0.717) is 19.4 Å². The highest BCUT2D eigenvalue weighted by molar-refractivity contribution is 5.70. The van der Waals surface area contributed by atoms with Gasteiger partial charge >= 0.3 is 11.9 Å². The second-order valence-corrected chi connectivity index (χ2v) is 18.1. The summed E-state index contributed by atoms with van der Waals surface area (Å²) < 4.78 is 17.4. The van der Waals surface area contributed by atoms with Crippen molar-refractivity contribution in [2.45, 2.75) is 271 Å². The molecule has 1 unspecified atom stereocenters. The highest BCUT2D eigenvalue weighted by Crippen LogP contribution is 2.15. The van der Waals surface area contributed by atoms with Crippen molar-refractivity contribution < 1.29 is 23.8 Å². The quantitative estimate of drug-likeness (QED) is 0.0346. The van der Waals surface area contributed by atoms with Crippen molar-refractivity contribution in [3.05, 3.63) is 72.9 Å². The van der Waals surface area contributed by atoms with E-state index >= 15 is 0 Å². The molecule has 0 fully saturated rings. The summed E-state index contributed by atoms with van der Waals surface area (Å²) in [6.45, 7) is 7.64. The number of unbranched alkanes of at least 4 members (excludes halogenated alkanes) is 27. The maximum atomic E-state index is 12.8. The van der Waals surface area contributed by atoms with Gasteiger partial charge in [-0.05, 0) is 83.5 Å². The lowest BCUT2D eigenvalue weighted by Crippen LogP contribution is -2.30. The van der Waals surface area contributed by atoms with Crippen LogP contribution >= 0.6 is 0 Å². The zero-order chi connectivity index (χ0) is 46.3. The van der Waals surface area contributed by atoms with Gasteiger partial charge in [0, 0.05) is 19.4 Å². The Balaban J connectivity index is 4.29. The first-order valence-electron chi connectivity index (χ1n) is 27.5. The first kappa shape index (κ1) is 61.3. The van der Waals surface area contributed by atoms with Crippen LogP contribution < -0.4 is 0 Å². The Bertz CT molecular complexity index is 1150. The Morgan fingerprint density at radius 1 is 0.359 bits per heavy atom. The van der Waals surface area contributed by atoms with E-state index in [0.717, 1.165) is 109 Å². The van der Waals surface area contributed by atoms with Gasteiger partial charge in [-0.1, -0.05) is 241 Å². The van der Waals surface area contributed by atoms with Gasteiger partial charge in [0.1, 0.15) is 6.61 Å². The molecule has 370 valence electrons. The van der Waals surface area contributed by atoms with Crippen LogP contribution in [0.15, 0.2) is 72.9 Å². The molecule has 0 radical (unpaired) electrons. The number of allylic oxidation sites excluding steroid dienone is 12. The van der Waals surface area contributed by atoms with E-state index in [2.05, 4.69) is 93.7 Å². The molecule has 0 N–H and O–H groups in total. The van der Waals surface area contributed by atoms with Gasteiger partial charge in [-0.3, -0.25) is 9.59 Å². The van der Waals surface area contributed by atoms with E-state index in [1.54, 1.807) is 0 Å². The van der Waals surface area contributed by atoms with Crippen LogP contribution in [0.4, 0.5) is 0 Å². The van der Waals surface area contributed by atoms with Crippen LogP contribution in [0.2, 0.25) is 0 Å². The molecule has 0 saturated carbocycles. The molecule has 0 aromatic carbocycles. The molecule has 0 bridgehead atoms. The van der Waals surface area contributed by atoms with E-state index in [9.17, 15) is 9.59 Å². The number of hydrogen-bond acceptors (Lipinski definition) is 5. The fourth-order valence-corrected chi connectivity index (χ4v) is 7.66. The summed E-state index contributed by atoms with van der Waals surface area (Å²) in [6.07, 6.45) is 70.6. The molecule has 0 amide bonds. The van der Waals surface area contributed by atoms with Crippen LogP contribution in [0, 0.1) is 0 Å². The summed E-state index contributed by atoms with van der Waals surface area (Å²) in [5.74, 6) is -0.434. The minimum atomic E-state index is -0.554. The third-order valence-corrected chi connectivity index (χ3v) is 11.7. The lowest BCUT2D eigenvalue weighted by Gasteiger charge is -2.18. The lowest BCUT2D eigenvalue weighted by molar-refractivity contribution is -0.163. The monoisotopic (exact) mass is 893 g/mol. The van der Waals surface area contributed by atoms with Crippen LogP contribution in [-0.4, -0.2) is 37.9 Å². The zero-order valence-corrected chi connectivity index (χ0v) is 42.5. The van der Waals surface area contributed by atoms with Crippen LogP contribution in [0.5, 0.6) is 0 Å². The van der Waals surface area contributed by atoms with Crippen molar-refractivity contribution >= 4 is 11.9 Å². The molecule has 0 rings (SSSR count). The van der Waals surface area contributed by atoms with Gasteiger partial charge in [0.2, 0.25) is 0 Å². The maximum Gasteiger partial charge on any atom is 0.306 e. The third kappa shape index (κ3) is 52.0. The molecule has 0 aromatic rings. The average molecular weight is 893 g/mol. The van der Waals surface area contributed by atoms with Crippen molar-refractivity contribution in [2.75, 3.05) is 19.8 Å². The first-order valence-corrected chi connectivity index (χ1v) is 27.5. The number of carbonyl (C=O) groups excluding carboxylic acids is 2. The predicted octanol–water partition coefficient (Wildman–Crippen LogP) is 18.7. The smallest absolute Gasteiger partial charge is 0.306 e. The molecule has 0 aliphatic carbocycles. The molecule has 5 heteroatoms.